The average Bonchev–Trinajstić information content (AvgIpc) is 2.70. The second-order valence-corrected chi connectivity index (χ2v) is 6.82. The van der Waals surface area contributed by atoms with Gasteiger partial charge in [0.2, 0.25) is 0 Å². The Morgan fingerprint density at radius 1 is 1.00 bits per heavy atom. The smallest absolute Gasteiger partial charge is 0.00940 e. The van der Waals surface area contributed by atoms with Gasteiger partial charge in [-0.05, 0) is 64.6 Å². The lowest BCUT2D eigenvalue weighted by Crippen LogP contribution is -2.47. The SMILES string of the molecule is CCCN1CCC(N[C@H](C)C2CCCCCC2)CC1. The van der Waals surface area contributed by atoms with Crippen molar-refractivity contribution >= 4 is 0 Å². The molecule has 112 valence electrons. The van der Waals surface area contributed by atoms with Gasteiger partial charge in [-0.1, -0.05) is 32.6 Å². The molecule has 1 N–H and O–H groups in total. The maximum Gasteiger partial charge on any atom is 0.00940 e. The van der Waals surface area contributed by atoms with Crippen molar-refractivity contribution in [2.24, 2.45) is 5.92 Å². The maximum absolute atomic E-state index is 3.95. The van der Waals surface area contributed by atoms with Crippen molar-refractivity contribution in [2.45, 2.75) is 83.7 Å². The lowest BCUT2D eigenvalue weighted by Gasteiger charge is -2.35. The van der Waals surface area contributed by atoms with Crippen LogP contribution in [0.3, 0.4) is 0 Å². The minimum Gasteiger partial charge on any atom is -0.311 e. The van der Waals surface area contributed by atoms with Crippen LogP contribution in [-0.2, 0) is 0 Å². The highest BCUT2D eigenvalue weighted by Crippen LogP contribution is 2.26. The quantitative estimate of drug-likeness (QED) is 0.761. The molecule has 2 fully saturated rings. The van der Waals surface area contributed by atoms with Crippen LogP contribution in [0.25, 0.3) is 0 Å². The monoisotopic (exact) mass is 266 g/mol. The highest BCUT2D eigenvalue weighted by atomic mass is 15.1. The Hall–Kier alpha value is -0.0800. The van der Waals surface area contributed by atoms with E-state index in [9.17, 15) is 0 Å². The van der Waals surface area contributed by atoms with E-state index in [2.05, 4.69) is 24.1 Å². The molecular formula is C17H34N2. The third-order valence-electron chi connectivity index (χ3n) is 5.23. The first-order valence-corrected chi connectivity index (χ1v) is 8.78. The molecular weight excluding hydrogens is 232 g/mol. The molecule has 1 saturated heterocycles. The van der Waals surface area contributed by atoms with E-state index in [1.165, 1.54) is 77.4 Å². The number of hydrogen-bond donors (Lipinski definition) is 1. The van der Waals surface area contributed by atoms with Gasteiger partial charge in [0.25, 0.3) is 0 Å². The molecule has 0 aromatic heterocycles. The Morgan fingerprint density at radius 3 is 2.21 bits per heavy atom. The standard InChI is InChI=1S/C17H34N2/c1-3-12-19-13-10-17(11-14-19)18-15(2)16-8-6-4-5-7-9-16/h15-18H,3-14H2,1-2H3/t15-/m1/s1. The minimum atomic E-state index is 0.737. The Balaban J connectivity index is 1.69. The predicted octanol–water partition coefficient (Wildman–Crippen LogP) is 3.81. The second kappa shape index (κ2) is 8.26. The van der Waals surface area contributed by atoms with E-state index in [1.807, 2.05) is 0 Å². The van der Waals surface area contributed by atoms with E-state index in [4.69, 9.17) is 0 Å². The van der Waals surface area contributed by atoms with Crippen LogP contribution in [0.2, 0.25) is 0 Å². The molecule has 19 heavy (non-hydrogen) atoms. The molecule has 0 spiro atoms. The molecule has 0 aromatic carbocycles. The van der Waals surface area contributed by atoms with Crippen molar-refractivity contribution in [3.05, 3.63) is 0 Å². The molecule has 0 radical (unpaired) electrons. The Labute approximate surface area is 120 Å². The number of piperidine rings is 1. The molecule has 1 aliphatic carbocycles. The molecule has 1 aliphatic heterocycles. The molecule has 2 aliphatic rings. The van der Waals surface area contributed by atoms with Crippen LogP contribution < -0.4 is 5.32 Å². The summed E-state index contributed by atoms with van der Waals surface area (Å²) in [6.45, 7) is 8.64. The molecule has 2 nitrogen and oxygen atoms in total. The third kappa shape index (κ3) is 5.07. The minimum absolute atomic E-state index is 0.737. The fraction of sp³-hybridized carbons (Fsp3) is 1.00. The number of likely N-dealkylation sites (tertiary alicyclic amines) is 1. The zero-order valence-corrected chi connectivity index (χ0v) is 13.2. The molecule has 1 atom stereocenters. The Bertz CT molecular complexity index is 225. The van der Waals surface area contributed by atoms with Crippen LogP contribution in [0.15, 0.2) is 0 Å². The normalized spacial score (nSPS) is 26.2. The Kier molecular flexibility index (Phi) is 6.66. The van der Waals surface area contributed by atoms with Gasteiger partial charge >= 0.3 is 0 Å². The van der Waals surface area contributed by atoms with Gasteiger partial charge < -0.3 is 10.2 Å². The van der Waals surface area contributed by atoms with Crippen LogP contribution in [-0.4, -0.2) is 36.6 Å². The van der Waals surface area contributed by atoms with Crippen LogP contribution in [0.1, 0.15) is 71.6 Å². The summed E-state index contributed by atoms with van der Waals surface area (Å²) in [5, 5.41) is 3.95. The topological polar surface area (TPSA) is 15.3 Å². The molecule has 0 aromatic rings. The van der Waals surface area contributed by atoms with Crippen molar-refractivity contribution in [2.75, 3.05) is 19.6 Å². The average molecular weight is 266 g/mol. The van der Waals surface area contributed by atoms with Gasteiger partial charge in [-0.3, -0.25) is 0 Å². The predicted molar refractivity (Wildman–Crippen MR) is 83.5 cm³/mol. The van der Waals surface area contributed by atoms with E-state index in [-0.39, 0.29) is 0 Å². The van der Waals surface area contributed by atoms with Crippen molar-refractivity contribution < 1.29 is 0 Å². The summed E-state index contributed by atoms with van der Waals surface area (Å²) in [6, 6.07) is 1.52. The van der Waals surface area contributed by atoms with Gasteiger partial charge in [-0.25, -0.2) is 0 Å². The first-order valence-electron chi connectivity index (χ1n) is 8.78. The number of nitrogens with zero attached hydrogens (tertiary/aromatic N) is 1. The maximum atomic E-state index is 3.95. The molecule has 1 heterocycles. The fourth-order valence-electron chi connectivity index (χ4n) is 3.96. The summed E-state index contributed by atoms with van der Waals surface area (Å²) in [6.07, 6.45) is 12.8. The van der Waals surface area contributed by atoms with Gasteiger partial charge in [0.1, 0.15) is 0 Å². The van der Waals surface area contributed by atoms with E-state index in [0.717, 1.165) is 18.0 Å². The van der Waals surface area contributed by atoms with Crippen molar-refractivity contribution in [3.63, 3.8) is 0 Å². The molecule has 0 bridgehead atoms. The number of hydrogen-bond acceptors (Lipinski definition) is 2. The summed E-state index contributed by atoms with van der Waals surface area (Å²) in [5.74, 6) is 0.941. The first-order chi connectivity index (χ1) is 9.29. The van der Waals surface area contributed by atoms with Gasteiger partial charge in [0.15, 0.2) is 0 Å². The molecule has 0 unspecified atom stereocenters. The van der Waals surface area contributed by atoms with E-state index in [0.29, 0.717) is 0 Å². The molecule has 0 amide bonds. The van der Waals surface area contributed by atoms with Crippen molar-refractivity contribution in [1.82, 2.24) is 10.2 Å². The van der Waals surface area contributed by atoms with Gasteiger partial charge in [-0.15, -0.1) is 0 Å². The zero-order chi connectivity index (χ0) is 13.5. The van der Waals surface area contributed by atoms with E-state index >= 15 is 0 Å². The zero-order valence-electron chi connectivity index (χ0n) is 13.2. The second-order valence-electron chi connectivity index (χ2n) is 6.82. The summed E-state index contributed by atoms with van der Waals surface area (Å²) >= 11 is 0. The van der Waals surface area contributed by atoms with Crippen LogP contribution in [0.5, 0.6) is 0 Å². The number of rotatable bonds is 5. The van der Waals surface area contributed by atoms with Crippen molar-refractivity contribution in [3.8, 4) is 0 Å². The lowest BCUT2D eigenvalue weighted by atomic mass is 9.91. The highest BCUT2D eigenvalue weighted by molar-refractivity contribution is 4.82. The van der Waals surface area contributed by atoms with E-state index in [1.54, 1.807) is 0 Å². The first kappa shape index (κ1) is 15.3. The fourth-order valence-corrected chi connectivity index (χ4v) is 3.96. The van der Waals surface area contributed by atoms with Gasteiger partial charge in [-0.2, -0.15) is 0 Å². The highest BCUT2D eigenvalue weighted by Gasteiger charge is 2.24. The third-order valence-corrected chi connectivity index (χ3v) is 5.23. The van der Waals surface area contributed by atoms with Crippen LogP contribution in [0, 0.1) is 5.92 Å². The summed E-state index contributed by atoms with van der Waals surface area (Å²) < 4.78 is 0. The lowest BCUT2D eigenvalue weighted by molar-refractivity contribution is 0.181. The summed E-state index contributed by atoms with van der Waals surface area (Å²) in [4.78, 5) is 2.63. The Morgan fingerprint density at radius 2 is 1.63 bits per heavy atom. The largest absolute Gasteiger partial charge is 0.311 e. The van der Waals surface area contributed by atoms with Gasteiger partial charge in [0.05, 0.1) is 0 Å². The van der Waals surface area contributed by atoms with Crippen molar-refractivity contribution in [1.29, 1.82) is 0 Å². The van der Waals surface area contributed by atoms with Crippen LogP contribution >= 0.6 is 0 Å². The van der Waals surface area contributed by atoms with Gasteiger partial charge in [0, 0.05) is 12.1 Å². The number of nitrogens with one attached hydrogen (secondary N) is 1. The molecule has 2 heteroatoms. The summed E-state index contributed by atoms with van der Waals surface area (Å²) in [7, 11) is 0. The summed E-state index contributed by atoms with van der Waals surface area (Å²) in [5.41, 5.74) is 0. The van der Waals surface area contributed by atoms with E-state index < -0.39 is 0 Å². The molecule has 2 rings (SSSR count). The van der Waals surface area contributed by atoms with Crippen LogP contribution in [0.4, 0.5) is 0 Å². The molecule has 1 saturated carbocycles.